The van der Waals surface area contributed by atoms with Crippen LogP contribution in [0.3, 0.4) is 0 Å². The second-order valence-corrected chi connectivity index (χ2v) is 11.3. The molecule has 0 amide bonds. The first kappa shape index (κ1) is 29.5. The summed E-state index contributed by atoms with van der Waals surface area (Å²) < 4.78 is 2.56. The van der Waals surface area contributed by atoms with E-state index in [0.29, 0.717) is 0 Å². The van der Waals surface area contributed by atoms with Gasteiger partial charge in [-0.2, -0.15) is 0 Å². The summed E-state index contributed by atoms with van der Waals surface area (Å²) in [5, 5.41) is 2.49. The predicted molar refractivity (Wildman–Crippen MR) is 172 cm³/mol. The molecule has 7 aromatic rings. The van der Waals surface area contributed by atoms with Gasteiger partial charge in [-0.05, 0) is 48.6 Å². The monoisotopic (exact) mass is 740 g/mol. The smallest absolute Gasteiger partial charge is 0.0355 e. The van der Waals surface area contributed by atoms with Crippen LogP contribution in [0.25, 0.3) is 53.8 Å². The van der Waals surface area contributed by atoms with Crippen LogP contribution in [0.4, 0.5) is 0 Å². The average Bonchev–Trinajstić information content (AvgIpc) is 3.38. The Hall–Kier alpha value is -4.02. The van der Waals surface area contributed by atoms with E-state index in [0.717, 1.165) is 28.1 Å². The van der Waals surface area contributed by atoms with Gasteiger partial charge in [0.1, 0.15) is 0 Å². The molecule has 0 aliphatic carbocycles. The van der Waals surface area contributed by atoms with Gasteiger partial charge in [0.15, 0.2) is 0 Å². The van der Waals surface area contributed by atoms with E-state index in [9.17, 15) is 0 Å². The standard InChI is InChI=1S/C20H18N.C17H11N2S.Ir/c1-14-9-10-18(20-11-15(2)16(3)13-21-20)12-19(14)17-7-5-4-6-8-17;1-11-6-7-18-9-13(11)15-8-17-14(10-19-15)12-4-2-3-5-16(12)20-17;/h4-9,11-13H,1-3H3;2-8,10H,1H3;/q2*-1;. The van der Waals surface area contributed by atoms with Crippen LogP contribution in [0.5, 0.6) is 0 Å². The topological polar surface area (TPSA) is 38.7 Å². The second-order valence-electron chi connectivity index (χ2n) is 10.2. The van der Waals surface area contributed by atoms with E-state index in [1.807, 2.05) is 24.5 Å². The molecule has 3 aromatic carbocycles. The molecule has 5 heteroatoms. The van der Waals surface area contributed by atoms with Crippen LogP contribution in [0.2, 0.25) is 0 Å². The van der Waals surface area contributed by atoms with Gasteiger partial charge in [0, 0.05) is 52.7 Å². The molecule has 4 aromatic heterocycles. The van der Waals surface area contributed by atoms with Crippen molar-refractivity contribution in [2.75, 3.05) is 0 Å². The van der Waals surface area contributed by atoms with E-state index in [-0.39, 0.29) is 20.1 Å². The molecular weight excluding hydrogens is 711 g/mol. The molecule has 0 saturated carbocycles. The number of rotatable bonds is 3. The molecule has 1 radical (unpaired) electrons. The summed E-state index contributed by atoms with van der Waals surface area (Å²) >= 11 is 1.80. The number of thiophene rings is 1. The van der Waals surface area contributed by atoms with E-state index in [1.54, 1.807) is 17.5 Å². The van der Waals surface area contributed by atoms with Gasteiger partial charge in [-0.1, -0.05) is 91.8 Å². The predicted octanol–water partition coefficient (Wildman–Crippen LogP) is 9.76. The summed E-state index contributed by atoms with van der Waals surface area (Å²) in [6, 6.07) is 32.7. The van der Waals surface area contributed by atoms with Crippen molar-refractivity contribution in [3.8, 4) is 33.6 Å². The molecule has 0 fully saturated rings. The van der Waals surface area contributed by atoms with Gasteiger partial charge in [0.05, 0.1) is 0 Å². The Morgan fingerprint density at radius 3 is 2.19 bits per heavy atom. The maximum atomic E-state index is 4.60. The fraction of sp³-hybridized carbons (Fsp3) is 0.108. The van der Waals surface area contributed by atoms with Crippen LogP contribution >= 0.6 is 11.3 Å². The third-order valence-electron chi connectivity index (χ3n) is 7.38. The number of hydrogen-bond acceptors (Lipinski definition) is 4. The molecule has 0 spiro atoms. The Morgan fingerprint density at radius 2 is 1.40 bits per heavy atom. The zero-order chi connectivity index (χ0) is 28.3. The van der Waals surface area contributed by atoms with E-state index in [4.69, 9.17) is 0 Å². The molecule has 0 unspecified atom stereocenters. The molecule has 42 heavy (non-hydrogen) atoms. The molecule has 0 aliphatic rings. The van der Waals surface area contributed by atoms with Crippen LogP contribution in [0.15, 0.2) is 104 Å². The summed E-state index contributed by atoms with van der Waals surface area (Å²) in [4.78, 5) is 13.2. The zero-order valence-electron chi connectivity index (χ0n) is 23.9. The molecule has 209 valence electrons. The fourth-order valence-corrected chi connectivity index (χ4v) is 5.97. The first-order chi connectivity index (χ1) is 20.0. The summed E-state index contributed by atoms with van der Waals surface area (Å²) in [7, 11) is 0. The largest absolute Gasteiger partial charge is 0.360 e. The van der Waals surface area contributed by atoms with Crippen molar-refractivity contribution in [1.82, 2.24) is 15.0 Å². The fourth-order valence-electron chi connectivity index (χ4n) is 4.85. The molecule has 3 nitrogen and oxygen atoms in total. The Labute approximate surface area is 264 Å². The molecule has 0 bridgehead atoms. The third kappa shape index (κ3) is 6.10. The number of aromatic nitrogens is 3. The molecule has 0 saturated heterocycles. The Balaban J connectivity index is 0.000000164. The van der Waals surface area contributed by atoms with Crippen molar-refractivity contribution in [3.63, 3.8) is 0 Å². The van der Waals surface area contributed by atoms with Gasteiger partial charge < -0.3 is 15.0 Å². The van der Waals surface area contributed by atoms with E-state index in [2.05, 4.69) is 128 Å². The van der Waals surface area contributed by atoms with E-state index < -0.39 is 0 Å². The van der Waals surface area contributed by atoms with Gasteiger partial charge >= 0.3 is 0 Å². The summed E-state index contributed by atoms with van der Waals surface area (Å²) in [6.45, 7) is 8.38. The van der Waals surface area contributed by atoms with Gasteiger partial charge in [0.25, 0.3) is 0 Å². The normalized spacial score (nSPS) is 10.7. The summed E-state index contributed by atoms with van der Waals surface area (Å²) in [6.07, 6.45) is 8.70. The van der Waals surface area contributed by atoms with E-state index >= 15 is 0 Å². The number of pyridine rings is 3. The first-order valence-electron chi connectivity index (χ1n) is 13.6. The zero-order valence-corrected chi connectivity index (χ0v) is 27.1. The third-order valence-corrected chi connectivity index (χ3v) is 8.51. The van der Waals surface area contributed by atoms with Gasteiger partial charge in [-0.15, -0.1) is 57.9 Å². The minimum Gasteiger partial charge on any atom is -0.360 e. The minimum atomic E-state index is 0. The van der Waals surface area contributed by atoms with Crippen LogP contribution < -0.4 is 0 Å². The van der Waals surface area contributed by atoms with Crippen molar-refractivity contribution < 1.29 is 20.1 Å². The molecule has 0 aliphatic heterocycles. The Morgan fingerprint density at radius 1 is 0.643 bits per heavy atom. The van der Waals surface area contributed by atoms with Gasteiger partial charge in [0.2, 0.25) is 0 Å². The number of fused-ring (bicyclic) bond motifs is 3. The number of hydrogen-bond donors (Lipinski definition) is 0. The maximum absolute atomic E-state index is 4.60. The second kappa shape index (κ2) is 12.9. The van der Waals surface area contributed by atoms with Crippen LogP contribution in [0.1, 0.15) is 22.3 Å². The van der Waals surface area contributed by atoms with Crippen LogP contribution in [-0.4, -0.2) is 15.0 Å². The SMILES string of the molecule is Cc1ccn[c-]c1-c1cc2sc3ccccc3c2cn1.Cc1cnc(-c2[c-]cc(C)c(-c3ccccc3)c2)cc1C.[Ir]. The van der Waals surface area contributed by atoms with Crippen LogP contribution in [0, 0.1) is 40.0 Å². The van der Waals surface area contributed by atoms with Crippen molar-refractivity contribution in [2.45, 2.75) is 27.7 Å². The van der Waals surface area contributed by atoms with Crippen molar-refractivity contribution >= 4 is 31.5 Å². The molecular formula is C37H29IrN3S-2. The van der Waals surface area contributed by atoms with Crippen molar-refractivity contribution in [1.29, 1.82) is 0 Å². The van der Waals surface area contributed by atoms with Crippen molar-refractivity contribution in [2.24, 2.45) is 0 Å². The van der Waals surface area contributed by atoms with Crippen LogP contribution in [-0.2, 0) is 20.1 Å². The Bertz CT molecular complexity index is 2000. The maximum Gasteiger partial charge on any atom is 0.0355 e. The molecule has 0 N–H and O–H groups in total. The van der Waals surface area contributed by atoms with Crippen molar-refractivity contribution in [3.05, 3.63) is 138 Å². The number of benzene rings is 3. The molecule has 0 atom stereocenters. The number of aryl methyl sites for hydroxylation is 4. The average molecular weight is 740 g/mol. The Kier molecular flexibility index (Phi) is 9.03. The quantitative estimate of drug-likeness (QED) is 0.170. The minimum absolute atomic E-state index is 0. The molecule has 7 rings (SSSR count). The van der Waals surface area contributed by atoms with E-state index in [1.165, 1.54) is 48.0 Å². The summed E-state index contributed by atoms with van der Waals surface area (Å²) in [5.41, 5.74) is 11.3. The number of nitrogens with zero attached hydrogens (tertiary/aromatic N) is 3. The first-order valence-corrected chi connectivity index (χ1v) is 14.4. The van der Waals surface area contributed by atoms with Gasteiger partial charge in [-0.3, -0.25) is 0 Å². The summed E-state index contributed by atoms with van der Waals surface area (Å²) in [5.74, 6) is 0. The molecule has 4 heterocycles. The van der Waals surface area contributed by atoms with Gasteiger partial charge in [-0.25, -0.2) is 0 Å².